The normalized spacial score (nSPS) is 17.1. The minimum Gasteiger partial charge on any atom is -0.481 e. The maximum absolute atomic E-state index is 12.4. The topological polar surface area (TPSA) is 72.9 Å². The molecule has 2 N–H and O–H groups in total. The Morgan fingerprint density at radius 3 is 2.78 bits per heavy atom. The van der Waals surface area contributed by atoms with Crippen LogP contribution in [0.15, 0.2) is 24.3 Å². The fraction of sp³-hybridized carbons (Fsp3) is 0.619. The Hall–Kier alpha value is -2.08. The van der Waals surface area contributed by atoms with Crippen LogP contribution in [0, 0.1) is 5.92 Å². The minimum absolute atomic E-state index is 0.176. The quantitative estimate of drug-likeness (QED) is 0.694. The van der Waals surface area contributed by atoms with E-state index in [-0.39, 0.29) is 6.03 Å². The van der Waals surface area contributed by atoms with E-state index in [9.17, 15) is 9.59 Å². The second-order valence-electron chi connectivity index (χ2n) is 7.32. The molecular weight excluding hydrogens is 342 g/mol. The zero-order valence-corrected chi connectivity index (χ0v) is 16.6. The monoisotopic (exact) mass is 375 g/mol. The average Bonchev–Trinajstić information content (AvgIpc) is 2.69. The number of rotatable bonds is 9. The van der Waals surface area contributed by atoms with Crippen molar-refractivity contribution in [3.05, 3.63) is 35.4 Å². The van der Waals surface area contributed by atoms with Crippen LogP contribution in [0.25, 0.3) is 0 Å². The Kier molecular flexibility index (Phi) is 8.58. The van der Waals surface area contributed by atoms with Gasteiger partial charge >= 0.3 is 12.0 Å². The van der Waals surface area contributed by atoms with E-state index in [1.165, 1.54) is 18.4 Å². The SMILES string of the molecule is CCCCN(CC)Cc1cccc(CNC(=O)N2CCCC(C(=O)O)C2)c1. The first-order valence-electron chi connectivity index (χ1n) is 10.1. The lowest BCUT2D eigenvalue weighted by atomic mass is 9.99. The third kappa shape index (κ3) is 6.86. The molecule has 0 radical (unpaired) electrons. The Bertz CT molecular complexity index is 620. The van der Waals surface area contributed by atoms with Crippen LogP contribution in [-0.2, 0) is 17.9 Å². The fourth-order valence-electron chi connectivity index (χ4n) is 3.48. The van der Waals surface area contributed by atoms with Gasteiger partial charge in [0.25, 0.3) is 0 Å². The first-order valence-corrected chi connectivity index (χ1v) is 10.1. The van der Waals surface area contributed by atoms with Gasteiger partial charge < -0.3 is 15.3 Å². The largest absolute Gasteiger partial charge is 0.481 e. The van der Waals surface area contributed by atoms with Gasteiger partial charge in [-0.1, -0.05) is 44.5 Å². The van der Waals surface area contributed by atoms with Gasteiger partial charge in [0.1, 0.15) is 0 Å². The van der Waals surface area contributed by atoms with E-state index in [2.05, 4.69) is 36.2 Å². The van der Waals surface area contributed by atoms with Crippen molar-refractivity contribution >= 4 is 12.0 Å². The van der Waals surface area contributed by atoms with Crippen LogP contribution in [0.5, 0.6) is 0 Å². The summed E-state index contributed by atoms with van der Waals surface area (Å²) in [5.74, 6) is -1.26. The number of hydrogen-bond donors (Lipinski definition) is 2. The van der Waals surface area contributed by atoms with Crippen molar-refractivity contribution in [1.82, 2.24) is 15.1 Å². The molecule has 1 atom stereocenters. The lowest BCUT2D eigenvalue weighted by molar-refractivity contribution is -0.143. The van der Waals surface area contributed by atoms with Gasteiger partial charge in [-0.3, -0.25) is 9.69 Å². The third-order valence-corrected chi connectivity index (χ3v) is 5.17. The summed E-state index contributed by atoms with van der Waals surface area (Å²) < 4.78 is 0. The van der Waals surface area contributed by atoms with E-state index in [1.807, 2.05) is 12.1 Å². The van der Waals surface area contributed by atoms with Crippen LogP contribution < -0.4 is 5.32 Å². The number of carboxylic acid groups (broad SMARTS) is 1. The molecule has 0 bridgehead atoms. The summed E-state index contributed by atoms with van der Waals surface area (Å²) in [6, 6.07) is 8.14. The van der Waals surface area contributed by atoms with Gasteiger partial charge in [-0.25, -0.2) is 4.79 Å². The van der Waals surface area contributed by atoms with Gasteiger partial charge in [-0.05, 0) is 43.5 Å². The van der Waals surface area contributed by atoms with Crippen LogP contribution in [-0.4, -0.2) is 53.1 Å². The number of urea groups is 1. The molecule has 0 aromatic heterocycles. The highest BCUT2D eigenvalue weighted by atomic mass is 16.4. The van der Waals surface area contributed by atoms with Crippen molar-refractivity contribution in [3.8, 4) is 0 Å². The van der Waals surface area contributed by atoms with E-state index >= 15 is 0 Å². The molecule has 1 aliphatic rings. The fourth-order valence-corrected chi connectivity index (χ4v) is 3.48. The van der Waals surface area contributed by atoms with Crippen LogP contribution in [0.3, 0.4) is 0 Å². The molecule has 2 amide bonds. The summed E-state index contributed by atoms with van der Waals surface area (Å²) in [6.45, 7) is 8.82. The third-order valence-electron chi connectivity index (χ3n) is 5.17. The number of carboxylic acids is 1. The summed E-state index contributed by atoms with van der Waals surface area (Å²) in [6.07, 6.45) is 3.79. The molecule has 1 aromatic rings. The molecule has 0 aliphatic carbocycles. The number of hydrogen-bond acceptors (Lipinski definition) is 3. The van der Waals surface area contributed by atoms with Gasteiger partial charge in [0.15, 0.2) is 0 Å². The zero-order valence-electron chi connectivity index (χ0n) is 16.6. The van der Waals surface area contributed by atoms with Crippen LogP contribution in [0.2, 0.25) is 0 Å². The Labute approximate surface area is 162 Å². The summed E-state index contributed by atoms with van der Waals surface area (Å²) in [5.41, 5.74) is 2.32. The molecule has 27 heavy (non-hydrogen) atoms. The highest BCUT2D eigenvalue weighted by Crippen LogP contribution is 2.17. The number of aliphatic carboxylic acids is 1. The molecule has 6 heteroatoms. The van der Waals surface area contributed by atoms with Crippen molar-refractivity contribution < 1.29 is 14.7 Å². The van der Waals surface area contributed by atoms with Crippen LogP contribution in [0.1, 0.15) is 50.7 Å². The molecule has 150 valence electrons. The molecule has 6 nitrogen and oxygen atoms in total. The highest BCUT2D eigenvalue weighted by Gasteiger charge is 2.27. The van der Waals surface area contributed by atoms with E-state index < -0.39 is 11.9 Å². The number of carbonyl (C=O) groups is 2. The number of nitrogens with zero attached hydrogens (tertiary/aromatic N) is 2. The number of amides is 2. The summed E-state index contributed by atoms with van der Waals surface area (Å²) >= 11 is 0. The lowest BCUT2D eigenvalue weighted by Gasteiger charge is -2.30. The molecule has 1 heterocycles. The van der Waals surface area contributed by atoms with E-state index in [0.29, 0.717) is 26.1 Å². The molecular formula is C21H33N3O3. The second kappa shape index (κ2) is 10.9. The van der Waals surface area contributed by atoms with Crippen molar-refractivity contribution in [1.29, 1.82) is 0 Å². The summed E-state index contributed by atoms with van der Waals surface area (Å²) in [7, 11) is 0. The van der Waals surface area contributed by atoms with E-state index in [1.54, 1.807) is 4.90 Å². The number of unbranched alkanes of at least 4 members (excludes halogenated alkanes) is 1. The Morgan fingerprint density at radius 2 is 2.07 bits per heavy atom. The van der Waals surface area contributed by atoms with Gasteiger partial charge in [-0.15, -0.1) is 0 Å². The number of piperidine rings is 1. The van der Waals surface area contributed by atoms with Crippen LogP contribution >= 0.6 is 0 Å². The molecule has 1 fully saturated rings. The predicted molar refractivity (Wildman–Crippen MR) is 106 cm³/mol. The first kappa shape index (κ1) is 21.2. The molecule has 1 unspecified atom stereocenters. The van der Waals surface area contributed by atoms with Gasteiger partial charge in [0.05, 0.1) is 5.92 Å². The first-order chi connectivity index (χ1) is 13.0. The molecule has 0 saturated carbocycles. The minimum atomic E-state index is -0.816. The van der Waals surface area contributed by atoms with Gasteiger partial charge in [0.2, 0.25) is 0 Å². The standard InChI is InChI=1S/C21H33N3O3/c1-3-5-11-23(4-2)15-18-9-6-8-17(13-18)14-22-21(27)24-12-7-10-19(16-24)20(25)26/h6,8-9,13,19H,3-5,7,10-12,14-16H2,1-2H3,(H,22,27)(H,25,26). The van der Waals surface area contributed by atoms with Crippen molar-refractivity contribution in [2.24, 2.45) is 5.92 Å². The number of nitrogens with one attached hydrogen (secondary N) is 1. The Morgan fingerprint density at radius 1 is 1.30 bits per heavy atom. The number of benzene rings is 1. The second-order valence-corrected chi connectivity index (χ2v) is 7.32. The average molecular weight is 376 g/mol. The highest BCUT2D eigenvalue weighted by molar-refractivity contribution is 5.76. The summed E-state index contributed by atoms with van der Waals surface area (Å²) in [5, 5.41) is 12.1. The molecule has 2 rings (SSSR count). The van der Waals surface area contributed by atoms with Crippen molar-refractivity contribution in [2.75, 3.05) is 26.2 Å². The van der Waals surface area contributed by atoms with E-state index in [4.69, 9.17) is 5.11 Å². The van der Waals surface area contributed by atoms with Gasteiger partial charge in [0, 0.05) is 26.2 Å². The maximum Gasteiger partial charge on any atom is 0.317 e. The zero-order chi connectivity index (χ0) is 19.6. The lowest BCUT2D eigenvalue weighted by Crippen LogP contribution is -2.46. The summed E-state index contributed by atoms with van der Waals surface area (Å²) in [4.78, 5) is 27.6. The Balaban J connectivity index is 1.86. The van der Waals surface area contributed by atoms with Crippen molar-refractivity contribution in [2.45, 2.75) is 52.6 Å². The number of likely N-dealkylation sites (tertiary alicyclic amines) is 1. The van der Waals surface area contributed by atoms with Crippen LogP contribution in [0.4, 0.5) is 4.79 Å². The smallest absolute Gasteiger partial charge is 0.317 e. The molecule has 1 saturated heterocycles. The molecule has 1 aromatic carbocycles. The number of carbonyl (C=O) groups excluding carboxylic acids is 1. The molecule has 0 spiro atoms. The van der Waals surface area contributed by atoms with E-state index in [0.717, 1.165) is 31.6 Å². The van der Waals surface area contributed by atoms with Crippen molar-refractivity contribution in [3.63, 3.8) is 0 Å². The molecule has 1 aliphatic heterocycles. The predicted octanol–water partition coefficient (Wildman–Crippen LogP) is 3.31. The maximum atomic E-state index is 12.4. The van der Waals surface area contributed by atoms with Gasteiger partial charge in [-0.2, -0.15) is 0 Å².